The average molecular weight is 1910 g/mol. The Morgan fingerprint density at radius 2 is 0.507 bits per heavy atom. The van der Waals surface area contributed by atoms with Gasteiger partial charge in [0.25, 0.3) is 5.91 Å². The number of allylic oxidation sites excluding steroid dienone is 8. The van der Waals surface area contributed by atoms with E-state index in [4.69, 9.17) is 0 Å². The Kier molecular flexibility index (Phi) is 79.8. The Balaban J connectivity index is -0.000000162. The van der Waals surface area contributed by atoms with Gasteiger partial charge in [0, 0.05) is 144 Å². The summed E-state index contributed by atoms with van der Waals surface area (Å²) in [5.41, 5.74) is -1.75. The van der Waals surface area contributed by atoms with Crippen molar-refractivity contribution in [2.75, 3.05) is 74.0 Å². The number of hydrogen-bond donors (Lipinski definition) is 5. The van der Waals surface area contributed by atoms with Crippen molar-refractivity contribution in [1.29, 1.82) is 0 Å². The van der Waals surface area contributed by atoms with Gasteiger partial charge in [0.1, 0.15) is 28.9 Å². The first-order valence-corrected chi connectivity index (χ1v) is 45.8. The minimum Gasteiger partial charge on any atom is -0.345 e. The maximum Gasteiger partial charge on any atom is 0.296 e. The van der Waals surface area contributed by atoms with E-state index in [1.165, 1.54) is 30.4 Å². The van der Waals surface area contributed by atoms with E-state index in [1.807, 2.05) is 279 Å². The zero-order chi connectivity index (χ0) is 110. The van der Waals surface area contributed by atoms with Crippen LogP contribution in [0.15, 0.2) is 97.2 Å². The number of likely N-dealkylation sites (N-methyl/N-ethyl adjacent to an activating group) is 2. The third kappa shape index (κ3) is 101. The van der Waals surface area contributed by atoms with Gasteiger partial charge in [-0.2, -0.15) is 0 Å². The fraction of sp³-hybridized carbons (Fsp3) is 0.633. The minimum atomic E-state index is -0.410. The molecule has 0 spiro atoms. The second kappa shape index (κ2) is 74.5. The molecule has 5 amide bonds. The van der Waals surface area contributed by atoms with Gasteiger partial charge in [-0.3, -0.25) is 95.9 Å². The molecule has 0 aliphatic rings. The molecule has 0 aliphatic carbocycles. The minimum absolute atomic E-state index is 0.00115. The highest BCUT2D eigenvalue weighted by atomic mass is 16.2. The van der Waals surface area contributed by atoms with Crippen molar-refractivity contribution >= 4 is 116 Å². The molecule has 0 fully saturated rings. The molecule has 0 heterocycles. The summed E-state index contributed by atoms with van der Waals surface area (Å²) in [6, 6.07) is 0. The molecule has 0 atom stereocenters. The van der Waals surface area contributed by atoms with Gasteiger partial charge in [0.15, 0.2) is 52.0 Å². The normalized spacial score (nSPS) is 11.2. The van der Waals surface area contributed by atoms with Gasteiger partial charge in [0.2, 0.25) is 29.4 Å². The third-order valence-electron chi connectivity index (χ3n) is 17.4. The molecule has 136 heavy (non-hydrogen) atoms. The van der Waals surface area contributed by atoms with E-state index in [0.717, 1.165) is 23.8 Å². The van der Waals surface area contributed by atoms with E-state index >= 15 is 0 Å². The Morgan fingerprint density at radius 1 is 0.265 bits per heavy atom. The van der Waals surface area contributed by atoms with E-state index in [9.17, 15) is 95.9 Å². The van der Waals surface area contributed by atoms with Crippen LogP contribution in [-0.4, -0.2) is 200 Å². The zero-order valence-corrected chi connectivity index (χ0v) is 91.9. The van der Waals surface area contributed by atoms with Gasteiger partial charge < -0.3 is 36.4 Å². The fourth-order valence-corrected chi connectivity index (χ4v) is 7.83. The lowest BCUT2D eigenvalue weighted by atomic mass is 9.88. The van der Waals surface area contributed by atoms with Gasteiger partial charge in [-0.05, 0) is 132 Å². The molecule has 0 rings (SSSR count). The molecule has 772 valence electrons. The molecule has 27 heteroatoms. The van der Waals surface area contributed by atoms with Crippen LogP contribution in [0.4, 0.5) is 0 Å². The predicted molar refractivity (Wildman–Crippen MR) is 552 cm³/mol. The van der Waals surface area contributed by atoms with Crippen molar-refractivity contribution in [2.45, 2.75) is 327 Å². The van der Waals surface area contributed by atoms with Crippen molar-refractivity contribution in [3.63, 3.8) is 0 Å². The summed E-state index contributed by atoms with van der Waals surface area (Å²) >= 11 is 0. The average Bonchev–Trinajstić information content (AvgIpc) is 0.926. The van der Waals surface area contributed by atoms with E-state index in [-0.39, 0.29) is 182 Å². The summed E-state index contributed by atoms with van der Waals surface area (Å²) in [6.45, 7) is 78.1. The van der Waals surface area contributed by atoms with Crippen LogP contribution in [0.25, 0.3) is 0 Å². The maximum absolute atomic E-state index is 11.6. The van der Waals surface area contributed by atoms with Crippen LogP contribution in [-0.2, 0) is 95.9 Å². The third-order valence-corrected chi connectivity index (χ3v) is 17.4. The van der Waals surface area contributed by atoms with Gasteiger partial charge in [-0.25, -0.2) is 0 Å². The maximum atomic E-state index is 11.6. The second-order valence-electron chi connectivity index (χ2n) is 43.0. The number of carbonyl (C=O) groups excluding carboxylic acids is 20. The van der Waals surface area contributed by atoms with E-state index in [0.29, 0.717) is 64.3 Å². The molecule has 0 radical (unpaired) electrons. The van der Waals surface area contributed by atoms with Gasteiger partial charge in [0.05, 0.1) is 32.7 Å². The molecule has 0 aromatic carbocycles. The van der Waals surface area contributed by atoms with Gasteiger partial charge in [-0.1, -0.05) is 268 Å². The summed E-state index contributed by atoms with van der Waals surface area (Å²) in [5.74, 6) is 8.98. The van der Waals surface area contributed by atoms with Gasteiger partial charge >= 0.3 is 0 Å². The van der Waals surface area contributed by atoms with Crippen molar-refractivity contribution < 1.29 is 95.9 Å². The smallest absolute Gasteiger partial charge is 0.296 e. The lowest BCUT2D eigenvalue weighted by Gasteiger charge is -2.16. The predicted octanol–water partition coefficient (Wildman–Crippen LogP) is 17.1. The molecular weight excluding hydrogens is 1730 g/mol. The number of nitrogens with zero attached hydrogens (tertiary/aromatic N) is 2. The molecule has 0 saturated heterocycles. The Bertz CT molecular complexity index is 3930. The first-order chi connectivity index (χ1) is 61.2. The summed E-state index contributed by atoms with van der Waals surface area (Å²) in [7, 11) is 7.73. The van der Waals surface area contributed by atoms with E-state index < -0.39 is 27.6 Å². The molecule has 0 saturated carbocycles. The quantitative estimate of drug-likeness (QED) is 0.0219. The number of Topliss-reactive ketones (excluding diaryl/α,β-unsaturated/α-hetero) is 11. The molecule has 0 aromatic rings. The topological polar surface area (TPSA) is 408 Å². The first kappa shape index (κ1) is 146. The zero-order valence-electron chi connectivity index (χ0n) is 91.9. The monoisotopic (exact) mass is 1910 g/mol. The van der Waals surface area contributed by atoms with Crippen LogP contribution in [0.3, 0.4) is 0 Å². The van der Waals surface area contributed by atoms with Crippen LogP contribution in [0.2, 0.25) is 0 Å². The van der Waals surface area contributed by atoms with Crippen LogP contribution < -0.4 is 26.6 Å². The summed E-state index contributed by atoms with van der Waals surface area (Å²) in [5, 5.41) is 12.5. The molecular formula is C109H181N7O20. The first-order valence-electron chi connectivity index (χ1n) is 45.8. The van der Waals surface area contributed by atoms with Gasteiger partial charge in [-0.15, -0.1) is 0 Å². The lowest BCUT2D eigenvalue weighted by molar-refractivity contribution is -0.128. The molecule has 0 aliphatic heterocycles. The van der Waals surface area contributed by atoms with Crippen LogP contribution in [0.5, 0.6) is 0 Å². The van der Waals surface area contributed by atoms with Crippen molar-refractivity contribution in [3.8, 4) is 23.7 Å². The van der Waals surface area contributed by atoms with Crippen molar-refractivity contribution in [2.24, 2.45) is 54.1 Å². The van der Waals surface area contributed by atoms with Crippen LogP contribution in [0, 0.1) is 77.8 Å². The largest absolute Gasteiger partial charge is 0.345 e. The molecule has 0 bridgehead atoms. The SMILES string of the molecule is C/C=C\C(=O)CCC(=O)C(C)(C)C.C/C=C\C(=O)NCC(=O)C(C)(C)C.C=CC(=O)CCC(=O)C(C)(C)C.C=CC(=O)NCC(=O)C(C)(C)C.CC#CC(=O)CCC(=O)C(C)(C)C.CC#CC(=O)NCC(=O)C(C)(C)C.CC(C)=CC(=O)CCC(=O)C(C)(C)C.CC(C)=CC(=O)NCC(=O)C(C)(C)C.CN(C)C/C=C/C(=O)CCC(=O)C(C)(C)C.CN(C)C/C=C/C(=O)NCC(=O)C(C)(C)C. The molecule has 0 aromatic heterocycles. The number of ketones is 15. The lowest BCUT2D eigenvalue weighted by Crippen LogP contribution is -2.34. The summed E-state index contributed by atoms with van der Waals surface area (Å²) in [6.07, 6.45) is 21.5. The van der Waals surface area contributed by atoms with Crippen LogP contribution in [0.1, 0.15) is 327 Å². The van der Waals surface area contributed by atoms with E-state index in [2.05, 4.69) is 63.4 Å². The molecule has 27 nitrogen and oxygen atoms in total. The number of nitrogens with one attached hydrogen (secondary N) is 5. The number of rotatable bonds is 37. The fourth-order valence-electron chi connectivity index (χ4n) is 7.83. The Labute approximate surface area is 820 Å². The molecule has 0 unspecified atom stereocenters. The Hall–Kier alpha value is -10.6. The van der Waals surface area contributed by atoms with Crippen molar-refractivity contribution in [1.82, 2.24) is 36.4 Å². The van der Waals surface area contributed by atoms with Crippen LogP contribution >= 0.6 is 0 Å². The number of carbonyl (C=O) groups is 20. The van der Waals surface area contributed by atoms with Crippen molar-refractivity contribution in [3.05, 3.63) is 97.2 Å². The summed E-state index contributed by atoms with van der Waals surface area (Å²) < 4.78 is 0. The Morgan fingerprint density at radius 3 is 0.765 bits per heavy atom. The highest BCUT2D eigenvalue weighted by Crippen LogP contribution is 2.23. The standard InChI is InChI=1S/C13H23NO2.C12H22N2O2.C12H20O2.C11H19NO2.C11H18O2.C11H16O2.C10H17NO2.C10H15NO2.C10H16O2.C9H15NO2/c1-13(2,3)12(16)9-8-11(15)7-6-10-14(4)5;1-12(2,3)10(15)9-13-11(16)7-6-8-14(4)5;1-9(2)8-10(13)6-7-11(14)12(3,4)5;1-8(2)6-10(14)12-7-9(13)11(3,4)5;2*1-5-6-9(12)7-8-10(13)11(2,3)4;2*1-5-6-9(13)11-7-8(12)10(2,3)4;1-5-8(11)6-7-9(12)10(2,3)4;1-5-8(12)10-6-7(11)9(2,3)4/h6-7H,8-10H2,1-5H3;6-7H,8-9H2,1-5H3,(H,13,16);8H,6-7H2,1-5H3;6H,7H2,1-5H3,(H,12,14);5-6H,7-8H2,1-4H3;7-8H2,1-4H3;5-6H,7H2,1-4H3,(H,11,13);7H2,1-4H3,(H,11,13);5H,1,6-7H2,2-4H3;5H,1,6H2,2-4H3,(H,10,12)/b2*7-6+;;;6-5-;;6-5-;;;. The summed E-state index contributed by atoms with van der Waals surface area (Å²) in [4.78, 5) is 228. The molecule has 5 N–H and O–H groups in total. The second-order valence-corrected chi connectivity index (χ2v) is 43.0. The number of hydrogen-bond acceptors (Lipinski definition) is 22. The number of amides is 5. The highest BCUT2D eigenvalue weighted by Gasteiger charge is 2.28. The van der Waals surface area contributed by atoms with E-state index in [1.54, 1.807) is 58.1 Å². The highest BCUT2D eigenvalue weighted by molar-refractivity contribution is 6.01.